The molecule has 0 aromatic rings. The number of fused-ring (bicyclic) bond motifs is 7. The monoisotopic (exact) mass is 667 g/mol. The Hall–Kier alpha value is -1.73. The first-order valence-electron chi connectivity index (χ1n) is 19.3. The zero-order valence-electron chi connectivity index (χ0n) is 31.5. The number of carbonyl (C=O) groups excluding carboxylic acids is 2. The molecule has 0 amide bonds. The van der Waals surface area contributed by atoms with Crippen molar-refractivity contribution in [3.63, 3.8) is 0 Å². The van der Waals surface area contributed by atoms with E-state index < -0.39 is 28.9 Å². The third-order valence-electron chi connectivity index (χ3n) is 16.0. The van der Waals surface area contributed by atoms with E-state index in [1.807, 2.05) is 0 Å². The van der Waals surface area contributed by atoms with Crippen molar-refractivity contribution in [2.45, 2.75) is 152 Å². The van der Waals surface area contributed by atoms with Crippen molar-refractivity contribution in [1.82, 2.24) is 5.32 Å². The smallest absolute Gasteiger partial charge is 0.309 e. The van der Waals surface area contributed by atoms with Crippen molar-refractivity contribution < 1.29 is 29.3 Å². The van der Waals surface area contributed by atoms with Crippen molar-refractivity contribution in [3.05, 3.63) is 11.1 Å². The van der Waals surface area contributed by atoms with E-state index in [2.05, 4.69) is 53.8 Å². The fraction of sp³-hybridized carbons (Fsp3) is 0.878. The van der Waals surface area contributed by atoms with Crippen LogP contribution in [-0.4, -0.2) is 53.2 Å². The van der Waals surface area contributed by atoms with Gasteiger partial charge in [0, 0.05) is 23.8 Å². The van der Waals surface area contributed by atoms with Gasteiger partial charge in [0.2, 0.25) is 0 Å². The van der Waals surface area contributed by atoms with Gasteiger partial charge < -0.3 is 20.3 Å². The van der Waals surface area contributed by atoms with Gasteiger partial charge in [0.05, 0.1) is 17.9 Å². The van der Waals surface area contributed by atoms with Crippen molar-refractivity contribution in [2.24, 2.45) is 62.1 Å². The lowest BCUT2D eigenvalue weighted by Gasteiger charge is -2.72. The molecular weight excluding hydrogens is 602 g/mol. The molecule has 0 aromatic heterocycles. The molecule has 3 N–H and O–H groups in total. The Balaban J connectivity index is 1.27. The molecule has 0 aliphatic heterocycles. The number of aliphatic hydroxyl groups excluding tert-OH is 1. The van der Waals surface area contributed by atoms with Crippen LogP contribution >= 0.6 is 0 Å². The number of carboxylic acids is 1. The molecule has 0 heterocycles. The van der Waals surface area contributed by atoms with E-state index in [-0.39, 0.29) is 45.9 Å². The minimum Gasteiger partial charge on any atom is -0.481 e. The molecule has 0 aromatic carbocycles. The number of hydrogen-bond acceptors (Lipinski definition) is 6. The molecule has 6 aliphatic rings. The quantitative estimate of drug-likeness (QED) is 0.204. The van der Waals surface area contributed by atoms with Crippen LogP contribution in [0.25, 0.3) is 0 Å². The van der Waals surface area contributed by atoms with E-state index >= 15 is 0 Å². The summed E-state index contributed by atoms with van der Waals surface area (Å²) in [5.74, 6) is 0.998. The number of aliphatic hydroxyl groups is 1. The highest BCUT2D eigenvalue weighted by atomic mass is 16.5. The van der Waals surface area contributed by atoms with Crippen LogP contribution in [0.3, 0.4) is 0 Å². The van der Waals surface area contributed by atoms with Crippen molar-refractivity contribution in [2.75, 3.05) is 13.1 Å². The second-order valence-electron chi connectivity index (χ2n) is 19.7. The molecule has 0 bridgehead atoms. The molecule has 0 spiro atoms. The van der Waals surface area contributed by atoms with Crippen molar-refractivity contribution >= 4 is 17.7 Å². The second-order valence-corrected chi connectivity index (χ2v) is 19.7. The van der Waals surface area contributed by atoms with Gasteiger partial charge in [-0.3, -0.25) is 14.4 Å². The highest BCUT2D eigenvalue weighted by molar-refractivity contribution is 6.00. The normalized spacial score (nSPS) is 41.3. The van der Waals surface area contributed by atoms with Crippen molar-refractivity contribution in [1.29, 1.82) is 0 Å². The Labute approximate surface area is 289 Å². The number of hydrogen-bond donors (Lipinski definition) is 3. The van der Waals surface area contributed by atoms with E-state index in [0.717, 1.165) is 69.4 Å². The summed E-state index contributed by atoms with van der Waals surface area (Å²) in [6.07, 6.45) is 10.2. The maximum atomic E-state index is 13.9. The maximum Gasteiger partial charge on any atom is 0.309 e. The Morgan fingerprint density at radius 3 is 2.23 bits per heavy atom. The Kier molecular flexibility index (Phi) is 8.96. The molecular formula is C41H65NO6. The molecule has 1 unspecified atom stereocenters. The van der Waals surface area contributed by atoms with Crippen LogP contribution in [0.1, 0.15) is 139 Å². The summed E-state index contributed by atoms with van der Waals surface area (Å²) in [5.41, 5.74) is 0.766. The summed E-state index contributed by atoms with van der Waals surface area (Å²) in [6, 6.07) is 0. The zero-order valence-corrected chi connectivity index (χ0v) is 31.5. The van der Waals surface area contributed by atoms with Gasteiger partial charge in [0.1, 0.15) is 6.10 Å². The van der Waals surface area contributed by atoms with Crippen LogP contribution in [0.4, 0.5) is 0 Å². The number of aliphatic carboxylic acids is 1. The predicted octanol–water partition coefficient (Wildman–Crippen LogP) is 7.74. The maximum absolute atomic E-state index is 13.9. The van der Waals surface area contributed by atoms with Gasteiger partial charge in [-0.1, -0.05) is 54.0 Å². The lowest BCUT2D eigenvalue weighted by atomic mass is 9.33. The van der Waals surface area contributed by atoms with Gasteiger partial charge in [-0.25, -0.2) is 0 Å². The number of allylic oxidation sites excluding steroid dienone is 1. The summed E-state index contributed by atoms with van der Waals surface area (Å²) in [7, 11) is 0. The minimum atomic E-state index is -1.15. The number of ether oxygens (including phenoxy) is 1. The van der Waals surface area contributed by atoms with Crippen LogP contribution in [-0.2, 0) is 19.1 Å². The van der Waals surface area contributed by atoms with Crippen molar-refractivity contribution in [3.8, 4) is 0 Å². The molecule has 6 aliphatic carbocycles. The summed E-state index contributed by atoms with van der Waals surface area (Å²) in [5, 5.41) is 25.1. The molecule has 9 atom stereocenters. The molecule has 0 radical (unpaired) electrons. The molecule has 0 saturated heterocycles. The molecule has 5 fully saturated rings. The molecule has 7 nitrogen and oxygen atoms in total. The molecule has 270 valence electrons. The number of esters is 1. The Morgan fingerprint density at radius 1 is 0.917 bits per heavy atom. The third kappa shape index (κ3) is 5.37. The first kappa shape index (κ1) is 36.1. The van der Waals surface area contributed by atoms with Gasteiger partial charge in [-0.05, 0) is 136 Å². The summed E-state index contributed by atoms with van der Waals surface area (Å²) in [6.45, 7) is 21.3. The molecule has 48 heavy (non-hydrogen) atoms. The lowest BCUT2D eigenvalue weighted by Crippen LogP contribution is -2.66. The van der Waals surface area contributed by atoms with Gasteiger partial charge in [0.25, 0.3) is 0 Å². The van der Waals surface area contributed by atoms with Crippen LogP contribution < -0.4 is 5.32 Å². The van der Waals surface area contributed by atoms with Gasteiger partial charge in [0.15, 0.2) is 5.78 Å². The van der Waals surface area contributed by atoms with Crippen LogP contribution in [0.5, 0.6) is 0 Å². The fourth-order valence-corrected chi connectivity index (χ4v) is 12.9. The topological polar surface area (TPSA) is 113 Å². The Morgan fingerprint density at radius 2 is 1.60 bits per heavy atom. The average Bonchev–Trinajstić information content (AvgIpc) is 3.74. The number of carboxylic acid groups (broad SMARTS) is 1. The fourth-order valence-electron chi connectivity index (χ4n) is 12.9. The molecule has 7 heteroatoms. The summed E-state index contributed by atoms with van der Waals surface area (Å²) < 4.78 is 6.15. The number of ketones is 1. The third-order valence-corrected chi connectivity index (χ3v) is 16.0. The van der Waals surface area contributed by atoms with Crippen LogP contribution in [0.15, 0.2) is 11.1 Å². The lowest BCUT2D eigenvalue weighted by molar-refractivity contribution is -0.235. The SMILES string of the molecule is CC(C)C1=C2[C@H]3CCC4[C@@]5(C)CC[C@H](OC(=O)CC(C)(C)C(=O)O)C(C)(C)[C@@H]5CC[C@@]4(C)[C@]3(C)CC[C@@]2([C@H](O)CNCC2CC2)CC1=O. The summed E-state index contributed by atoms with van der Waals surface area (Å²) >= 11 is 0. The highest BCUT2D eigenvalue weighted by Crippen LogP contribution is 2.77. The first-order chi connectivity index (χ1) is 22.2. The zero-order chi connectivity index (χ0) is 35.2. The van der Waals surface area contributed by atoms with Gasteiger partial charge in [-0.15, -0.1) is 0 Å². The van der Waals surface area contributed by atoms with Crippen LogP contribution in [0, 0.1) is 62.1 Å². The van der Waals surface area contributed by atoms with E-state index in [1.165, 1.54) is 18.4 Å². The van der Waals surface area contributed by atoms with Gasteiger partial charge in [-0.2, -0.15) is 0 Å². The van der Waals surface area contributed by atoms with Crippen LogP contribution in [0.2, 0.25) is 0 Å². The largest absolute Gasteiger partial charge is 0.481 e. The number of rotatable bonds is 10. The van der Waals surface area contributed by atoms with E-state index in [9.17, 15) is 24.6 Å². The van der Waals surface area contributed by atoms with Gasteiger partial charge >= 0.3 is 11.9 Å². The van der Waals surface area contributed by atoms with E-state index in [1.54, 1.807) is 13.8 Å². The van der Waals surface area contributed by atoms with E-state index in [0.29, 0.717) is 30.7 Å². The predicted molar refractivity (Wildman–Crippen MR) is 187 cm³/mol. The first-order valence-corrected chi connectivity index (χ1v) is 19.3. The summed E-state index contributed by atoms with van der Waals surface area (Å²) in [4.78, 5) is 38.7. The molecule has 5 saturated carbocycles. The minimum absolute atomic E-state index is 0.0323. The average molecular weight is 668 g/mol. The molecule has 6 rings (SSSR count). The van der Waals surface area contributed by atoms with E-state index in [4.69, 9.17) is 4.74 Å². The number of Topliss-reactive ketones (excluding diaryl/α,β-unsaturated/α-hetero) is 1. The standard InChI is InChI=1S/C41H65NO6/c1-24(2)33-27(43)20-41(30(44)23-42-22-25-10-11-25)19-18-39(8)26(34(33)41)12-13-29-38(7)16-15-31(48-32(45)21-36(3,4)35(46)47)37(5,6)28(38)14-17-40(29,39)9/h24-26,28-31,42,44H,10-23H2,1-9H3,(H,46,47)/t26-,28+,29?,30-,31+,38+,39-,40-,41+/m1/s1. The second kappa shape index (κ2) is 11.9. The number of carbonyl (C=O) groups is 3. The Bertz CT molecular complexity index is 1360. The highest BCUT2D eigenvalue weighted by Gasteiger charge is 2.70. The number of nitrogens with one attached hydrogen (secondary N) is 1.